The number of anilines is 2. The SMILES string of the molecule is COC(=O)c1ccccc1NCC(=O)Nc1cccc(Br)c1. The van der Waals surface area contributed by atoms with Crippen LogP contribution in [0.2, 0.25) is 0 Å². The molecule has 114 valence electrons. The van der Waals surface area contributed by atoms with Gasteiger partial charge in [-0.25, -0.2) is 4.79 Å². The van der Waals surface area contributed by atoms with Gasteiger partial charge < -0.3 is 15.4 Å². The maximum atomic E-state index is 11.9. The number of ether oxygens (including phenoxy) is 1. The molecular formula is C16H15BrN2O3. The van der Waals surface area contributed by atoms with Crippen molar-refractivity contribution in [1.29, 1.82) is 0 Å². The van der Waals surface area contributed by atoms with Crippen LogP contribution in [-0.4, -0.2) is 25.5 Å². The van der Waals surface area contributed by atoms with Crippen LogP contribution in [0.5, 0.6) is 0 Å². The fraction of sp³-hybridized carbons (Fsp3) is 0.125. The maximum absolute atomic E-state index is 11.9. The second-order valence-electron chi connectivity index (χ2n) is 4.45. The van der Waals surface area contributed by atoms with Crippen molar-refractivity contribution < 1.29 is 14.3 Å². The van der Waals surface area contributed by atoms with Crippen LogP contribution in [-0.2, 0) is 9.53 Å². The second kappa shape index (κ2) is 7.61. The highest BCUT2D eigenvalue weighted by atomic mass is 79.9. The summed E-state index contributed by atoms with van der Waals surface area (Å²) in [6.07, 6.45) is 0. The molecule has 0 saturated heterocycles. The Bertz CT molecular complexity index is 689. The molecule has 0 atom stereocenters. The number of methoxy groups -OCH3 is 1. The minimum atomic E-state index is -0.449. The highest BCUT2D eigenvalue weighted by Gasteiger charge is 2.11. The first-order valence-corrected chi connectivity index (χ1v) is 7.36. The summed E-state index contributed by atoms with van der Waals surface area (Å²) in [4.78, 5) is 23.6. The van der Waals surface area contributed by atoms with Crippen LogP contribution >= 0.6 is 15.9 Å². The van der Waals surface area contributed by atoms with Crippen LogP contribution in [0.1, 0.15) is 10.4 Å². The van der Waals surface area contributed by atoms with E-state index in [0.717, 1.165) is 4.47 Å². The van der Waals surface area contributed by atoms with Gasteiger partial charge in [-0.05, 0) is 30.3 Å². The number of hydrogen-bond acceptors (Lipinski definition) is 4. The van der Waals surface area contributed by atoms with Crippen molar-refractivity contribution in [3.05, 3.63) is 58.6 Å². The van der Waals surface area contributed by atoms with Crippen molar-refractivity contribution in [3.63, 3.8) is 0 Å². The van der Waals surface area contributed by atoms with Crippen molar-refractivity contribution in [2.45, 2.75) is 0 Å². The molecule has 2 rings (SSSR count). The smallest absolute Gasteiger partial charge is 0.339 e. The van der Waals surface area contributed by atoms with Gasteiger partial charge in [-0.3, -0.25) is 4.79 Å². The fourth-order valence-corrected chi connectivity index (χ4v) is 2.27. The Labute approximate surface area is 136 Å². The van der Waals surface area contributed by atoms with Gasteiger partial charge in [-0.15, -0.1) is 0 Å². The Kier molecular flexibility index (Phi) is 5.55. The summed E-state index contributed by atoms with van der Waals surface area (Å²) in [6, 6.07) is 14.2. The Morgan fingerprint density at radius 2 is 1.91 bits per heavy atom. The number of amides is 1. The van der Waals surface area contributed by atoms with Crippen molar-refractivity contribution in [3.8, 4) is 0 Å². The summed E-state index contributed by atoms with van der Waals surface area (Å²) >= 11 is 3.34. The lowest BCUT2D eigenvalue weighted by Crippen LogP contribution is -2.22. The molecule has 5 nitrogen and oxygen atoms in total. The molecule has 0 aromatic heterocycles. The third kappa shape index (κ3) is 4.33. The van der Waals surface area contributed by atoms with Crippen LogP contribution in [0, 0.1) is 0 Å². The van der Waals surface area contributed by atoms with E-state index >= 15 is 0 Å². The molecule has 0 heterocycles. The second-order valence-corrected chi connectivity index (χ2v) is 5.36. The third-order valence-electron chi connectivity index (χ3n) is 2.88. The summed E-state index contributed by atoms with van der Waals surface area (Å²) in [5.41, 5.74) is 1.64. The summed E-state index contributed by atoms with van der Waals surface area (Å²) < 4.78 is 5.59. The van der Waals surface area contributed by atoms with Crippen LogP contribution in [0.15, 0.2) is 53.0 Å². The predicted octanol–water partition coefficient (Wildman–Crippen LogP) is 3.29. The molecule has 6 heteroatoms. The highest BCUT2D eigenvalue weighted by molar-refractivity contribution is 9.10. The number of hydrogen-bond donors (Lipinski definition) is 2. The zero-order chi connectivity index (χ0) is 15.9. The fourth-order valence-electron chi connectivity index (χ4n) is 1.87. The van der Waals surface area contributed by atoms with Gasteiger partial charge >= 0.3 is 5.97 Å². The number of halogens is 1. The van der Waals surface area contributed by atoms with E-state index < -0.39 is 5.97 Å². The molecule has 0 spiro atoms. The molecule has 1 amide bonds. The Hall–Kier alpha value is -2.34. The zero-order valence-corrected chi connectivity index (χ0v) is 13.5. The summed E-state index contributed by atoms with van der Waals surface area (Å²) in [6.45, 7) is 0.0422. The molecule has 2 aromatic carbocycles. The highest BCUT2D eigenvalue weighted by Crippen LogP contribution is 2.17. The van der Waals surface area contributed by atoms with E-state index in [1.165, 1.54) is 7.11 Å². The van der Waals surface area contributed by atoms with Gasteiger partial charge in [0.1, 0.15) is 0 Å². The lowest BCUT2D eigenvalue weighted by atomic mass is 10.2. The molecule has 0 radical (unpaired) electrons. The molecule has 2 N–H and O–H groups in total. The van der Waals surface area contributed by atoms with E-state index in [9.17, 15) is 9.59 Å². The quantitative estimate of drug-likeness (QED) is 0.800. The molecule has 0 aliphatic rings. The van der Waals surface area contributed by atoms with Gasteiger partial charge in [0.05, 0.1) is 19.2 Å². The summed E-state index contributed by atoms with van der Waals surface area (Å²) in [7, 11) is 1.32. The average Bonchev–Trinajstić information content (AvgIpc) is 2.52. The molecule has 0 aliphatic heterocycles. The third-order valence-corrected chi connectivity index (χ3v) is 3.37. The molecule has 0 saturated carbocycles. The summed E-state index contributed by atoms with van der Waals surface area (Å²) in [5.74, 6) is -0.659. The number of carbonyl (C=O) groups excluding carboxylic acids is 2. The predicted molar refractivity (Wildman–Crippen MR) is 89.0 cm³/mol. The van der Waals surface area contributed by atoms with Crippen LogP contribution in [0.3, 0.4) is 0 Å². The van der Waals surface area contributed by atoms with E-state index in [1.54, 1.807) is 36.4 Å². The van der Waals surface area contributed by atoms with E-state index in [0.29, 0.717) is 16.9 Å². The lowest BCUT2D eigenvalue weighted by Gasteiger charge is -2.11. The van der Waals surface area contributed by atoms with E-state index in [2.05, 4.69) is 26.6 Å². The Morgan fingerprint density at radius 1 is 1.14 bits per heavy atom. The van der Waals surface area contributed by atoms with Crippen molar-refractivity contribution in [2.75, 3.05) is 24.3 Å². The zero-order valence-electron chi connectivity index (χ0n) is 11.9. The molecule has 2 aromatic rings. The van der Waals surface area contributed by atoms with Gasteiger partial charge in [-0.1, -0.05) is 34.1 Å². The molecule has 0 bridgehead atoms. The van der Waals surface area contributed by atoms with E-state index in [1.807, 2.05) is 12.1 Å². The summed E-state index contributed by atoms with van der Waals surface area (Å²) in [5, 5.41) is 5.71. The first-order valence-electron chi connectivity index (χ1n) is 6.57. The number of nitrogens with one attached hydrogen (secondary N) is 2. The number of benzene rings is 2. The topological polar surface area (TPSA) is 67.4 Å². The largest absolute Gasteiger partial charge is 0.465 e. The number of para-hydroxylation sites is 1. The van der Waals surface area contributed by atoms with Crippen molar-refractivity contribution >= 4 is 39.2 Å². The van der Waals surface area contributed by atoms with E-state index in [4.69, 9.17) is 4.74 Å². The molecule has 0 fully saturated rings. The van der Waals surface area contributed by atoms with Gasteiger partial charge in [0.2, 0.25) is 5.91 Å². The number of carbonyl (C=O) groups is 2. The number of rotatable bonds is 5. The minimum absolute atomic E-state index is 0.0422. The monoisotopic (exact) mass is 362 g/mol. The van der Waals surface area contributed by atoms with Crippen LogP contribution in [0.4, 0.5) is 11.4 Å². The molecular weight excluding hydrogens is 348 g/mol. The Morgan fingerprint density at radius 3 is 2.64 bits per heavy atom. The normalized spacial score (nSPS) is 9.91. The molecule has 22 heavy (non-hydrogen) atoms. The van der Waals surface area contributed by atoms with Crippen molar-refractivity contribution in [2.24, 2.45) is 0 Å². The molecule has 0 unspecified atom stereocenters. The van der Waals surface area contributed by atoms with Crippen molar-refractivity contribution in [1.82, 2.24) is 0 Å². The first-order chi connectivity index (χ1) is 10.6. The standard InChI is InChI=1S/C16H15BrN2O3/c1-22-16(21)13-7-2-3-8-14(13)18-10-15(20)19-12-6-4-5-11(17)9-12/h2-9,18H,10H2,1H3,(H,19,20). The Balaban J connectivity index is 1.98. The van der Waals surface area contributed by atoms with Gasteiger partial charge in [0.15, 0.2) is 0 Å². The molecule has 0 aliphatic carbocycles. The van der Waals surface area contributed by atoms with Crippen LogP contribution < -0.4 is 10.6 Å². The lowest BCUT2D eigenvalue weighted by molar-refractivity contribution is -0.114. The van der Waals surface area contributed by atoms with Gasteiger partial charge in [-0.2, -0.15) is 0 Å². The maximum Gasteiger partial charge on any atom is 0.339 e. The van der Waals surface area contributed by atoms with E-state index in [-0.39, 0.29) is 12.5 Å². The minimum Gasteiger partial charge on any atom is -0.465 e. The van der Waals surface area contributed by atoms with Gasteiger partial charge in [0.25, 0.3) is 0 Å². The van der Waals surface area contributed by atoms with Gasteiger partial charge in [0, 0.05) is 15.8 Å². The number of esters is 1. The van der Waals surface area contributed by atoms with Crippen LogP contribution in [0.25, 0.3) is 0 Å². The first kappa shape index (κ1) is 16.0. The average molecular weight is 363 g/mol.